The molecule has 188 valence electrons. The fourth-order valence-corrected chi connectivity index (χ4v) is 6.32. The minimum Gasteiger partial charge on any atom is -0.465 e. The zero-order valence-electron chi connectivity index (χ0n) is 20.9. The fourth-order valence-electron chi connectivity index (χ4n) is 6.32. The first-order valence-corrected chi connectivity index (χ1v) is 12.6. The molecule has 34 heavy (non-hydrogen) atoms. The molecule has 0 aromatic heterocycles. The molecule has 2 amide bonds. The molecule has 4 aliphatic heterocycles. The average molecular weight is 475 g/mol. The van der Waals surface area contributed by atoms with Gasteiger partial charge in [-0.15, -0.1) is 0 Å². The van der Waals surface area contributed by atoms with Crippen molar-refractivity contribution in [3.8, 4) is 0 Å². The second kappa shape index (κ2) is 9.11. The highest BCUT2D eigenvalue weighted by Gasteiger charge is 2.76. The second-order valence-electron chi connectivity index (χ2n) is 10.3. The van der Waals surface area contributed by atoms with Crippen molar-refractivity contribution in [1.29, 1.82) is 0 Å². The topological polar surface area (TPSA) is 96.4 Å². The minimum absolute atomic E-state index is 0.0440. The Morgan fingerprint density at radius 2 is 1.82 bits per heavy atom. The highest BCUT2D eigenvalue weighted by atomic mass is 16.6. The number of aliphatic hydroxyl groups is 1. The van der Waals surface area contributed by atoms with Gasteiger partial charge in [0.2, 0.25) is 11.8 Å². The molecule has 4 heterocycles. The third-order valence-corrected chi connectivity index (χ3v) is 8.34. The molecule has 0 bridgehead atoms. The number of carbonyl (C=O) groups excluding carboxylic acids is 3. The van der Waals surface area contributed by atoms with E-state index < -0.39 is 41.1 Å². The molecule has 4 rings (SSSR count). The number of hydrogen-bond donors (Lipinski definition) is 1. The van der Waals surface area contributed by atoms with E-state index in [0.717, 1.165) is 6.42 Å². The van der Waals surface area contributed by atoms with Crippen LogP contribution in [0.1, 0.15) is 53.9 Å². The van der Waals surface area contributed by atoms with E-state index in [4.69, 9.17) is 9.47 Å². The maximum Gasteiger partial charge on any atom is 0.313 e. The molecule has 0 aliphatic carbocycles. The van der Waals surface area contributed by atoms with Gasteiger partial charge in [0, 0.05) is 12.6 Å². The molecular weight excluding hydrogens is 436 g/mol. The minimum atomic E-state index is -1.31. The van der Waals surface area contributed by atoms with Crippen LogP contribution in [-0.4, -0.2) is 81.8 Å². The van der Waals surface area contributed by atoms with Gasteiger partial charge in [-0.25, -0.2) is 0 Å². The second-order valence-corrected chi connectivity index (χ2v) is 10.3. The smallest absolute Gasteiger partial charge is 0.313 e. The molecule has 0 aromatic rings. The summed E-state index contributed by atoms with van der Waals surface area (Å²) in [5, 5.41) is 10.4. The summed E-state index contributed by atoms with van der Waals surface area (Å²) in [5.41, 5.74) is -2.35. The largest absolute Gasteiger partial charge is 0.465 e. The van der Waals surface area contributed by atoms with Gasteiger partial charge >= 0.3 is 5.97 Å². The standard InChI is InChI=1S/C26H38N2O6/c1-6-17(5)18(15-29)28-21-23(31)27(16(3)4)13-10-12-26(21)19(22(28)30)20-24(32)33-14-9-8-11-25(20,7-2)34-26/h8,10-12,16-21,29H,6-7,9,13-15H2,1-5H3/t17-,18-,19-,20+,21?,25-,26-/m0/s1. The predicted molar refractivity (Wildman–Crippen MR) is 125 cm³/mol. The zero-order chi connectivity index (χ0) is 24.8. The number of rotatable bonds is 6. The molecule has 2 fully saturated rings. The normalized spacial score (nSPS) is 37.0. The van der Waals surface area contributed by atoms with Crippen molar-refractivity contribution in [2.24, 2.45) is 17.8 Å². The third-order valence-electron chi connectivity index (χ3n) is 8.34. The molecule has 4 aliphatic rings. The van der Waals surface area contributed by atoms with Gasteiger partial charge in [0.15, 0.2) is 0 Å². The molecular formula is C26H38N2O6. The zero-order valence-corrected chi connectivity index (χ0v) is 20.9. The SMILES string of the molecule is CC[C@H](C)[C@H](CO)N1C(=O)[C@@H]2[C@@H]3C(=O)OCCC=C[C@]3(CC)O[C@@]23C=CCN(C(C)C)C(=O)C13. The highest BCUT2D eigenvalue weighted by molar-refractivity contribution is 5.99. The summed E-state index contributed by atoms with van der Waals surface area (Å²) < 4.78 is 12.4. The molecule has 0 aromatic carbocycles. The predicted octanol–water partition coefficient (Wildman–Crippen LogP) is 2.06. The van der Waals surface area contributed by atoms with Gasteiger partial charge in [0.25, 0.3) is 0 Å². The van der Waals surface area contributed by atoms with Crippen LogP contribution in [0.5, 0.6) is 0 Å². The van der Waals surface area contributed by atoms with E-state index in [0.29, 0.717) is 19.4 Å². The Kier molecular flexibility index (Phi) is 6.68. The van der Waals surface area contributed by atoms with E-state index in [1.165, 1.54) is 0 Å². The van der Waals surface area contributed by atoms with Gasteiger partial charge in [-0.3, -0.25) is 14.4 Å². The first-order chi connectivity index (χ1) is 16.2. The number of ether oxygens (including phenoxy) is 2. The van der Waals surface area contributed by atoms with E-state index >= 15 is 0 Å². The fraction of sp³-hybridized carbons (Fsp3) is 0.731. The number of fused-ring (bicyclic) bond motifs is 2. The molecule has 1 unspecified atom stereocenters. The lowest BCUT2D eigenvalue weighted by atomic mass is 9.73. The number of carbonyl (C=O) groups is 3. The van der Waals surface area contributed by atoms with Gasteiger partial charge in [0.05, 0.1) is 25.2 Å². The number of cyclic esters (lactones) is 1. The van der Waals surface area contributed by atoms with Crippen LogP contribution in [-0.2, 0) is 23.9 Å². The van der Waals surface area contributed by atoms with Crippen LogP contribution in [0.2, 0.25) is 0 Å². The Morgan fingerprint density at radius 3 is 2.44 bits per heavy atom. The summed E-state index contributed by atoms with van der Waals surface area (Å²) in [4.78, 5) is 45.0. The highest BCUT2D eigenvalue weighted by Crippen LogP contribution is 2.58. The Balaban J connectivity index is 1.94. The number of aliphatic hydroxyl groups excluding tert-OH is 1. The van der Waals surface area contributed by atoms with E-state index in [1.54, 1.807) is 9.80 Å². The lowest BCUT2D eigenvalue weighted by molar-refractivity contribution is -0.164. The Labute approximate surface area is 201 Å². The van der Waals surface area contributed by atoms with Crippen molar-refractivity contribution in [3.05, 3.63) is 24.3 Å². The van der Waals surface area contributed by atoms with E-state index in [9.17, 15) is 19.5 Å². The molecule has 1 spiro atoms. The lowest BCUT2D eigenvalue weighted by Gasteiger charge is -2.42. The number of amides is 2. The van der Waals surface area contributed by atoms with Crippen molar-refractivity contribution in [2.45, 2.75) is 83.2 Å². The Hall–Kier alpha value is -2.19. The van der Waals surface area contributed by atoms with Crippen molar-refractivity contribution in [2.75, 3.05) is 19.8 Å². The summed E-state index contributed by atoms with van der Waals surface area (Å²) in [6.07, 6.45) is 9.34. The molecule has 7 atom stereocenters. The molecule has 8 heteroatoms. The number of esters is 1. The van der Waals surface area contributed by atoms with Crippen molar-refractivity contribution in [3.63, 3.8) is 0 Å². The molecule has 0 radical (unpaired) electrons. The van der Waals surface area contributed by atoms with Crippen LogP contribution in [0.15, 0.2) is 24.3 Å². The van der Waals surface area contributed by atoms with Crippen molar-refractivity contribution < 1.29 is 29.0 Å². The first kappa shape index (κ1) is 24.9. The third kappa shape index (κ3) is 3.44. The Morgan fingerprint density at radius 1 is 1.09 bits per heavy atom. The average Bonchev–Trinajstić information content (AvgIpc) is 3.15. The van der Waals surface area contributed by atoms with Crippen LogP contribution in [0, 0.1) is 17.8 Å². The molecule has 0 saturated carbocycles. The van der Waals surface area contributed by atoms with Crippen molar-refractivity contribution >= 4 is 17.8 Å². The van der Waals surface area contributed by atoms with Crippen LogP contribution in [0.4, 0.5) is 0 Å². The number of hydrogen-bond acceptors (Lipinski definition) is 6. The molecule has 1 N–H and O–H groups in total. The van der Waals surface area contributed by atoms with Crippen LogP contribution in [0.3, 0.4) is 0 Å². The summed E-state index contributed by atoms with van der Waals surface area (Å²) in [5.74, 6) is -2.81. The van der Waals surface area contributed by atoms with Gasteiger partial charge in [-0.2, -0.15) is 0 Å². The van der Waals surface area contributed by atoms with Gasteiger partial charge in [-0.05, 0) is 32.6 Å². The quantitative estimate of drug-likeness (QED) is 0.468. The monoisotopic (exact) mass is 474 g/mol. The van der Waals surface area contributed by atoms with Crippen LogP contribution in [0.25, 0.3) is 0 Å². The van der Waals surface area contributed by atoms with Gasteiger partial charge in [0.1, 0.15) is 23.2 Å². The first-order valence-electron chi connectivity index (χ1n) is 12.6. The van der Waals surface area contributed by atoms with Crippen molar-refractivity contribution in [1.82, 2.24) is 9.80 Å². The maximum atomic E-state index is 14.3. The number of nitrogens with zero attached hydrogens (tertiary/aromatic N) is 2. The van der Waals surface area contributed by atoms with E-state index in [-0.39, 0.29) is 37.0 Å². The number of likely N-dealkylation sites (tertiary alicyclic amines) is 1. The maximum absolute atomic E-state index is 14.3. The summed E-state index contributed by atoms with van der Waals surface area (Å²) in [6, 6.07) is -1.61. The van der Waals surface area contributed by atoms with E-state index in [1.807, 2.05) is 58.9 Å². The van der Waals surface area contributed by atoms with Gasteiger partial charge < -0.3 is 24.4 Å². The summed E-state index contributed by atoms with van der Waals surface area (Å²) in [6.45, 7) is 10.1. The van der Waals surface area contributed by atoms with Gasteiger partial charge in [-0.1, -0.05) is 51.5 Å². The molecule has 2 saturated heterocycles. The summed E-state index contributed by atoms with van der Waals surface area (Å²) >= 11 is 0. The summed E-state index contributed by atoms with van der Waals surface area (Å²) in [7, 11) is 0. The van der Waals surface area contributed by atoms with Crippen LogP contribution >= 0.6 is 0 Å². The molecule has 8 nitrogen and oxygen atoms in total. The Bertz CT molecular complexity index is 900. The van der Waals surface area contributed by atoms with Crippen LogP contribution < -0.4 is 0 Å². The lowest BCUT2D eigenvalue weighted by Crippen LogP contribution is -2.60. The van der Waals surface area contributed by atoms with E-state index in [2.05, 4.69) is 0 Å².